The zero-order valence-electron chi connectivity index (χ0n) is 12.7. The molecular formula is C16H23N3O2. The van der Waals surface area contributed by atoms with E-state index >= 15 is 0 Å². The summed E-state index contributed by atoms with van der Waals surface area (Å²) in [6, 6.07) is 9.76. The van der Waals surface area contributed by atoms with Gasteiger partial charge < -0.3 is 10.2 Å². The Hall–Kier alpha value is -1.88. The molecule has 5 nitrogen and oxygen atoms in total. The molecule has 0 saturated carbocycles. The van der Waals surface area contributed by atoms with Crippen LogP contribution in [0.5, 0.6) is 0 Å². The van der Waals surface area contributed by atoms with Crippen LogP contribution in [0.2, 0.25) is 0 Å². The standard InChI is InChI=1S/C16H23N3O2/c1-17-16(21)14-12-19(11-10-18(14)2)15(20)9-8-13-6-4-3-5-7-13/h3-7,14H,8-12H2,1-2H3,(H,17,21). The highest BCUT2D eigenvalue weighted by Gasteiger charge is 2.31. The molecular weight excluding hydrogens is 266 g/mol. The molecule has 1 aromatic carbocycles. The van der Waals surface area contributed by atoms with Crippen LogP contribution in [0.25, 0.3) is 0 Å². The summed E-state index contributed by atoms with van der Waals surface area (Å²) in [4.78, 5) is 28.0. The number of rotatable bonds is 4. The summed E-state index contributed by atoms with van der Waals surface area (Å²) in [5.74, 6) is 0.0962. The lowest BCUT2D eigenvalue weighted by Crippen LogP contribution is -2.58. The maximum absolute atomic E-state index is 12.3. The van der Waals surface area contributed by atoms with Gasteiger partial charge in [0.25, 0.3) is 0 Å². The van der Waals surface area contributed by atoms with Crippen LogP contribution in [0.15, 0.2) is 30.3 Å². The predicted octanol–water partition coefficient (Wildman–Crippen LogP) is 0.508. The molecule has 114 valence electrons. The zero-order valence-corrected chi connectivity index (χ0v) is 12.7. The summed E-state index contributed by atoms with van der Waals surface area (Å²) < 4.78 is 0. The molecule has 0 radical (unpaired) electrons. The molecule has 1 saturated heterocycles. The van der Waals surface area contributed by atoms with Gasteiger partial charge in [-0.15, -0.1) is 0 Å². The summed E-state index contributed by atoms with van der Waals surface area (Å²) in [7, 11) is 3.55. The van der Waals surface area contributed by atoms with Crippen LogP contribution in [0.4, 0.5) is 0 Å². The van der Waals surface area contributed by atoms with Crippen molar-refractivity contribution in [3.63, 3.8) is 0 Å². The van der Waals surface area contributed by atoms with Crippen LogP contribution >= 0.6 is 0 Å². The molecule has 0 spiro atoms. The Labute approximate surface area is 125 Å². The number of hydrogen-bond acceptors (Lipinski definition) is 3. The Morgan fingerprint density at radius 2 is 1.95 bits per heavy atom. The van der Waals surface area contributed by atoms with Gasteiger partial charge in [0, 0.05) is 33.1 Å². The molecule has 1 N–H and O–H groups in total. The highest BCUT2D eigenvalue weighted by atomic mass is 16.2. The molecule has 2 amide bonds. The Bertz CT molecular complexity index is 490. The van der Waals surface area contributed by atoms with Crippen molar-refractivity contribution >= 4 is 11.8 Å². The second kappa shape index (κ2) is 7.22. The van der Waals surface area contributed by atoms with E-state index in [9.17, 15) is 9.59 Å². The van der Waals surface area contributed by atoms with Crippen LogP contribution < -0.4 is 5.32 Å². The molecule has 1 atom stereocenters. The quantitative estimate of drug-likeness (QED) is 0.878. The van der Waals surface area contributed by atoms with E-state index in [4.69, 9.17) is 0 Å². The molecule has 1 aliphatic heterocycles. The van der Waals surface area contributed by atoms with Gasteiger partial charge in [-0.1, -0.05) is 30.3 Å². The second-order valence-electron chi connectivity index (χ2n) is 5.44. The van der Waals surface area contributed by atoms with Gasteiger partial charge in [0.2, 0.25) is 11.8 Å². The summed E-state index contributed by atoms with van der Waals surface area (Å²) in [6.07, 6.45) is 1.24. The molecule has 0 bridgehead atoms. The molecule has 1 aliphatic rings. The third-order valence-corrected chi connectivity index (χ3v) is 4.02. The van der Waals surface area contributed by atoms with E-state index in [1.165, 1.54) is 5.56 Å². The monoisotopic (exact) mass is 289 g/mol. The van der Waals surface area contributed by atoms with Crippen LogP contribution in [-0.4, -0.2) is 61.4 Å². The number of nitrogens with zero attached hydrogens (tertiary/aromatic N) is 2. The van der Waals surface area contributed by atoms with Crippen LogP contribution in [-0.2, 0) is 16.0 Å². The van der Waals surface area contributed by atoms with Crippen molar-refractivity contribution in [2.75, 3.05) is 33.7 Å². The number of nitrogens with one attached hydrogen (secondary N) is 1. The van der Waals surface area contributed by atoms with E-state index in [1.54, 1.807) is 7.05 Å². The van der Waals surface area contributed by atoms with Crippen LogP contribution in [0, 0.1) is 0 Å². The van der Waals surface area contributed by atoms with E-state index in [2.05, 4.69) is 5.32 Å². The lowest BCUT2D eigenvalue weighted by atomic mass is 10.1. The van der Waals surface area contributed by atoms with E-state index in [1.807, 2.05) is 47.2 Å². The summed E-state index contributed by atoms with van der Waals surface area (Å²) in [5, 5.41) is 2.66. The van der Waals surface area contributed by atoms with Gasteiger partial charge in [0.15, 0.2) is 0 Å². The summed E-state index contributed by atoms with van der Waals surface area (Å²) >= 11 is 0. The van der Waals surface area contributed by atoms with E-state index in [0.717, 1.165) is 13.0 Å². The van der Waals surface area contributed by atoms with Gasteiger partial charge in [-0.2, -0.15) is 0 Å². The smallest absolute Gasteiger partial charge is 0.238 e. The normalized spacial score (nSPS) is 19.3. The topological polar surface area (TPSA) is 52.7 Å². The van der Waals surface area contributed by atoms with Gasteiger partial charge in [0.1, 0.15) is 6.04 Å². The number of aryl methyl sites for hydroxylation is 1. The number of likely N-dealkylation sites (N-methyl/N-ethyl adjacent to an activating group) is 2. The number of amides is 2. The number of carbonyl (C=O) groups excluding carboxylic acids is 2. The van der Waals surface area contributed by atoms with Crippen molar-refractivity contribution in [1.82, 2.24) is 15.1 Å². The fraction of sp³-hybridized carbons (Fsp3) is 0.500. The summed E-state index contributed by atoms with van der Waals surface area (Å²) in [5.41, 5.74) is 1.17. The van der Waals surface area contributed by atoms with Crippen LogP contribution in [0.3, 0.4) is 0 Å². The Morgan fingerprint density at radius 3 is 2.62 bits per heavy atom. The van der Waals surface area contributed by atoms with Crippen molar-refractivity contribution in [2.45, 2.75) is 18.9 Å². The number of hydrogen-bond donors (Lipinski definition) is 1. The fourth-order valence-corrected chi connectivity index (χ4v) is 2.60. The second-order valence-corrected chi connectivity index (χ2v) is 5.44. The molecule has 0 aromatic heterocycles. The maximum Gasteiger partial charge on any atom is 0.238 e. The average molecular weight is 289 g/mol. The number of piperazine rings is 1. The predicted molar refractivity (Wildman–Crippen MR) is 81.8 cm³/mol. The van der Waals surface area contributed by atoms with Crippen molar-refractivity contribution in [1.29, 1.82) is 0 Å². The highest BCUT2D eigenvalue weighted by molar-refractivity contribution is 5.83. The Balaban J connectivity index is 1.89. The molecule has 5 heteroatoms. The first-order chi connectivity index (χ1) is 10.1. The van der Waals surface area contributed by atoms with Gasteiger partial charge in [0.05, 0.1) is 0 Å². The largest absolute Gasteiger partial charge is 0.358 e. The van der Waals surface area contributed by atoms with Crippen LogP contribution in [0.1, 0.15) is 12.0 Å². The van der Waals surface area contributed by atoms with Crippen molar-refractivity contribution in [2.24, 2.45) is 0 Å². The minimum Gasteiger partial charge on any atom is -0.358 e. The van der Waals surface area contributed by atoms with Gasteiger partial charge in [-0.25, -0.2) is 0 Å². The van der Waals surface area contributed by atoms with Gasteiger partial charge in [-0.05, 0) is 19.0 Å². The summed E-state index contributed by atoms with van der Waals surface area (Å²) in [6.45, 7) is 1.90. The molecule has 1 fully saturated rings. The van der Waals surface area contributed by atoms with E-state index < -0.39 is 0 Å². The average Bonchev–Trinajstić information content (AvgIpc) is 2.53. The van der Waals surface area contributed by atoms with Crippen molar-refractivity contribution < 1.29 is 9.59 Å². The molecule has 1 aromatic rings. The minimum atomic E-state index is -0.246. The SMILES string of the molecule is CNC(=O)C1CN(C(=O)CCc2ccccc2)CCN1C. The van der Waals surface area contributed by atoms with E-state index in [-0.39, 0.29) is 17.9 Å². The first-order valence-electron chi connectivity index (χ1n) is 7.35. The maximum atomic E-state index is 12.3. The Morgan fingerprint density at radius 1 is 1.24 bits per heavy atom. The Kier molecular flexibility index (Phi) is 5.33. The third-order valence-electron chi connectivity index (χ3n) is 4.02. The molecule has 1 unspecified atom stereocenters. The van der Waals surface area contributed by atoms with Crippen molar-refractivity contribution in [3.8, 4) is 0 Å². The van der Waals surface area contributed by atoms with Gasteiger partial charge >= 0.3 is 0 Å². The first-order valence-corrected chi connectivity index (χ1v) is 7.35. The van der Waals surface area contributed by atoms with Gasteiger partial charge in [-0.3, -0.25) is 14.5 Å². The molecule has 1 heterocycles. The fourth-order valence-electron chi connectivity index (χ4n) is 2.60. The lowest BCUT2D eigenvalue weighted by molar-refractivity contribution is -0.137. The molecule has 0 aliphatic carbocycles. The van der Waals surface area contributed by atoms with E-state index in [0.29, 0.717) is 19.5 Å². The number of carbonyl (C=O) groups is 2. The molecule has 2 rings (SSSR count). The van der Waals surface area contributed by atoms with Crippen molar-refractivity contribution in [3.05, 3.63) is 35.9 Å². The first kappa shape index (κ1) is 15.5. The zero-order chi connectivity index (χ0) is 15.2. The minimum absolute atomic E-state index is 0.0296. The lowest BCUT2D eigenvalue weighted by Gasteiger charge is -2.38. The highest BCUT2D eigenvalue weighted by Crippen LogP contribution is 2.11. The molecule has 21 heavy (non-hydrogen) atoms. The number of benzene rings is 1. The third kappa shape index (κ3) is 4.04.